The van der Waals surface area contributed by atoms with Gasteiger partial charge in [-0.1, -0.05) is 6.07 Å². The average Bonchev–Trinajstić information content (AvgIpc) is 3.50. The third-order valence-corrected chi connectivity index (χ3v) is 6.32. The highest BCUT2D eigenvalue weighted by atomic mass is 19.4. The number of halogens is 3. The Morgan fingerprint density at radius 3 is 2.75 bits per heavy atom. The first-order valence-corrected chi connectivity index (χ1v) is 11.0. The summed E-state index contributed by atoms with van der Waals surface area (Å²) in [5.41, 5.74) is 2.29. The summed E-state index contributed by atoms with van der Waals surface area (Å²) >= 11 is 0. The number of cyclic esters (lactones) is 1. The van der Waals surface area contributed by atoms with Crippen molar-refractivity contribution in [1.82, 2.24) is 19.7 Å². The molecule has 3 heterocycles. The Kier molecular flexibility index (Phi) is 5.72. The summed E-state index contributed by atoms with van der Waals surface area (Å²) in [7, 11) is 1.50. The number of aromatic nitrogens is 3. The van der Waals surface area contributed by atoms with Crippen LogP contribution in [0.5, 0.6) is 0 Å². The van der Waals surface area contributed by atoms with Gasteiger partial charge in [-0.2, -0.15) is 18.3 Å². The molecule has 188 valence electrons. The second-order valence-electron chi connectivity index (χ2n) is 8.55. The molecule has 0 unspecified atom stereocenters. The smallest absolute Gasteiger partial charge is 0.435 e. The zero-order valence-corrected chi connectivity index (χ0v) is 19.2. The van der Waals surface area contributed by atoms with Crippen LogP contribution in [0.3, 0.4) is 0 Å². The Hall–Kier alpha value is -3.90. The standard InChI is InChI=1S/C24H21F3N4O5/c1-12-15(4-5-16-17(12)11-35-22(16)33)19(32)9-28-8-13-10-31(29-21(13)24(25,26)27)14-3-6-20-18(7-14)30(2)23(34)36-20/h3-7,10,19,28,32H,8-9,11H2,1-2H3/t19-/m0/s1. The van der Waals surface area contributed by atoms with E-state index in [1.54, 1.807) is 19.1 Å². The summed E-state index contributed by atoms with van der Waals surface area (Å²) in [6.45, 7) is 1.66. The van der Waals surface area contributed by atoms with Crippen LogP contribution in [0.1, 0.15) is 44.4 Å². The van der Waals surface area contributed by atoms with Crippen LogP contribution >= 0.6 is 0 Å². The largest absolute Gasteiger partial charge is 0.457 e. The maximum atomic E-state index is 13.7. The molecule has 0 spiro atoms. The van der Waals surface area contributed by atoms with Crippen molar-refractivity contribution in [3.63, 3.8) is 0 Å². The van der Waals surface area contributed by atoms with Gasteiger partial charge in [0.25, 0.3) is 0 Å². The quantitative estimate of drug-likeness (QED) is 0.390. The van der Waals surface area contributed by atoms with Crippen LogP contribution in [0, 0.1) is 6.92 Å². The van der Waals surface area contributed by atoms with Crippen LogP contribution in [0.4, 0.5) is 13.2 Å². The maximum absolute atomic E-state index is 13.7. The Morgan fingerprint density at radius 1 is 1.22 bits per heavy atom. The lowest BCUT2D eigenvalue weighted by Crippen LogP contribution is -2.23. The van der Waals surface area contributed by atoms with Crippen molar-refractivity contribution >= 4 is 17.1 Å². The molecule has 12 heteroatoms. The molecule has 1 atom stereocenters. The van der Waals surface area contributed by atoms with E-state index in [9.17, 15) is 27.9 Å². The predicted molar refractivity (Wildman–Crippen MR) is 121 cm³/mol. The van der Waals surface area contributed by atoms with Crippen LogP contribution in [-0.4, -0.2) is 32.0 Å². The van der Waals surface area contributed by atoms with Crippen molar-refractivity contribution in [3.05, 3.63) is 80.6 Å². The molecule has 1 aliphatic heterocycles. The Labute approximate surface area is 201 Å². The number of benzene rings is 2. The minimum Gasteiger partial charge on any atom is -0.457 e. The van der Waals surface area contributed by atoms with Gasteiger partial charge in [0.1, 0.15) is 6.61 Å². The Balaban J connectivity index is 1.36. The van der Waals surface area contributed by atoms with Crippen molar-refractivity contribution in [2.75, 3.05) is 6.54 Å². The molecule has 36 heavy (non-hydrogen) atoms. The molecule has 0 saturated heterocycles. The van der Waals surface area contributed by atoms with Gasteiger partial charge in [0.15, 0.2) is 11.3 Å². The lowest BCUT2D eigenvalue weighted by atomic mass is 9.95. The van der Waals surface area contributed by atoms with Crippen LogP contribution in [0.2, 0.25) is 0 Å². The Morgan fingerprint density at radius 2 is 2.00 bits per heavy atom. The zero-order valence-electron chi connectivity index (χ0n) is 19.2. The molecular weight excluding hydrogens is 481 g/mol. The molecule has 0 bridgehead atoms. The third kappa shape index (κ3) is 4.07. The van der Waals surface area contributed by atoms with E-state index < -0.39 is 29.7 Å². The number of carbonyl (C=O) groups excluding carboxylic acids is 1. The number of ether oxygens (including phenoxy) is 1. The van der Waals surface area contributed by atoms with Crippen molar-refractivity contribution in [1.29, 1.82) is 0 Å². The summed E-state index contributed by atoms with van der Waals surface area (Å²) in [4.78, 5) is 23.4. The van der Waals surface area contributed by atoms with Gasteiger partial charge < -0.3 is 19.6 Å². The predicted octanol–water partition coefficient (Wildman–Crippen LogP) is 3.14. The van der Waals surface area contributed by atoms with E-state index in [-0.39, 0.29) is 25.3 Å². The third-order valence-electron chi connectivity index (χ3n) is 6.32. The number of rotatable bonds is 6. The second kappa shape index (κ2) is 8.64. The number of fused-ring (bicyclic) bond motifs is 2. The minimum atomic E-state index is -4.70. The van der Waals surface area contributed by atoms with Gasteiger partial charge in [-0.3, -0.25) is 4.57 Å². The van der Waals surface area contributed by atoms with Crippen LogP contribution in [0.15, 0.2) is 45.7 Å². The summed E-state index contributed by atoms with van der Waals surface area (Å²) < 4.78 is 53.5. The van der Waals surface area contributed by atoms with E-state index in [4.69, 9.17) is 9.15 Å². The van der Waals surface area contributed by atoms with Gasteiger partial charge in [0.2, 0.25) is 0 Å². The second-order valence-corrected chi connectivity index (χ2v) is 8.55. The van der Waals surface area contributed by atoms with E-state index in [0.717, 1.165) is 4.68 Å². The number of hydrogen-bond acceptors (Lipinski definition) is 7. The molecule has 0 radical (unpaired) electrons. The van der Waals surface area contributed by atoms with Gasteiger partial charge in [0.05, 0.1) is 22.9 Å². The van der Waals surface area contributed by atoms with Crippen LogP contribution in [-0.2, 0) is 31.1 Å². The summed E-state index contributed by atoms with van der Waals surface area (Å²) in [5.74, 6) is -1.00. The first-order valence-electron chi connectivity index (χ1n) is 11.0. The summed E-state index contributed by atoms with van der Waals surface area (Å²) in [6.07, 6.45) is -4.46. The van der Waals surface area contributed by atoms with Gasteiger partial charge in [-0.25, -0.2) is 14.3 Å². The van der Waals surface area contributed by atoms with Gasteiger partial charge in [-0.15, -0.1) is 0 Å². The molecular formula is C24H21F3N4O5. The Bertz CT molecular complexity index is 1550. The van der Waals surface area contributed by atoms with Crippen molar-refractivity contribution in [2.45, 2.75) is 32.4 Å². The number of hydrogen-bond donors (Lipinski definition) is 2. The molecule has 2 aromatic carbocycles. The fourth-order valence-corrected chi connectivity index (χ4v) is 4.35. The molecule has 1 aliphatic rings. The maximum Gasteiger partial charge on any atom is 0.435 e. The zero-order chi connectivity index (χ0) is 25.8. The fraction of sp³-hybridized carbons (Fsp3) is 0.292. The lowest BCUT2D eigenvalue weighted by Gasteiger charge is -2.16. The van der Waals surface area contributed by atoms with E-state index in [1.807, 2.05) is 0 Å². The number of aliphatic hydroxyl groups is 1. The number of alkyl halides is 3. The SMILES string of the molecule is Cc1c([C@@H](O)CNCc2cn(-c3ccc4oc(=O)n(C)c4c3)nc2C(F)(F)F)ccc2c1COC2=O. The molecule has 5 rings (SSSR count). The van der Waals surface area contributed by atoms with Crippen molar-refractivity contribution in [3.8, 4) is 5.69 Å². The van der Waals surface area contributed by atoms with E-state index >= 15 is 0 Å². The molecule has 4 aromatic rings. The molecule has 2 N–H and O–H groups in total. The van der Waals surface area contributed by atoms with E-state index in [0.29, 0.717) is 39.0 Å². The normalized spacial score (nSPS) is 14.3. The monoisotopic (exact) mass is 502 g/mol. The molecule has 2 aromatic heterocycles. The number of nitrogens with one attached hydrogen (secondary N) is 1. The van der Waals surface area contributed by atoms with Crippen molar-refractivity contribution in [2.24, 2.45) is 7.05 Å². The molecule has 0 fully saturated rings. The molecule has 0 saturated carbocycles. The number of aryl methyl sites for hydroxylation is 1. The highest BCUT2D eigenvalue weighted by molar-refractivity contribution is 5.94. The number of nitrogens with zero attached hydrogens (tertiary/aromatic N) is 3. The molecule has 0 aliphatic carbocycles. The van der Waals surface area contributed by atoms with E-state index in [2.05, 4.69) is 10.4 Å². The van der Waals surface area contributed by atoms with Crippen LogP contribution in [0.25, 0.3) is 16.8 Å². The van der Waals surface area contributed by atoms with Gasteiger partial charge in [-0.05, 0) is 42.3 Å². The number of carbonyl (C=O) groups is 1. The lowest BCUT2D eigenvalue weighted by molar-refractivity contribution is -0.142. The number of aliphatic hydroxyl groups excluding tert-OH is 1. The van der Waals surface area contributed by atoms with Crippen LogP contribution < -0.4 is 11.1 Å². The molecule has 9 nitrogen and oxygen atoms in total. The first-order chi connectivity index (χ1) is 17.0. The number of esters is 1. The van der Waals surface area contributed by atoms with Gasteiger partial charge in [0, 0.05) is 37.5 Å². The fourth-order valence-electron chi connectivity index (χ4n) is 4.35. The average molecular weight is 502 g/mol. The topological polar surface area (TPSA) is 112 Å². The van der Waals surface area contributed by atoms with Crippen molar-refractivity contribution < 1.29 is 32.2 Å². The van der Waals surface area contributed by atoms with Gasteiger partial charge >= 0.3 is 17.9 Å². The minimum absolute atomic E-state index is 0.0278. The summed E-state index contributed by atoms with van der Waals surface area (Å²) in [6, 6.07) is 7.71. The summed E-state index contributed by atoms with van der Waals surface area (Å²) in [5, 5.41) is 17.2. The highest BCUT2D eigenvalue weighted by Gasteiger charge is 2.37. The van der Waals surface area contributed by atoms with E-state index in [1.165, 1.54) is 36.0 Å². The number of oxazole rings is 1. The highest BCUT2D eigenvalue weighted by Crippen LogP contribution is 2.32. The molecule has 0 amide bonds. The first kappa shape index (κ1) is 23.8.